The van der Waals surface area contributed by atoms with Gasteiger partial charge >= 0.3 is 12.2 Å². The number of ether oxygens (including phenoxy) is 3. The van der Waals surface area contributed by atoms with Gasteiger partial charge < -0.3 is 24.4 Å². The van der Waals surface area contributed by atoms with Crippen LogP contribution < -0.4 is 19.9 Å². The largest absolute Gasteiger partial charge is 0.489 e. The maximum atomic E-state index is 15.2. The van der Waals surface area contributed by atoms with Crippen LogP contribution in [0.1, 0.15) is 12.8 Å². The number of fused-ring (bicyclic) bond motifs is 5. The third-order valence-electron chi connectivity index (χ3n) is 6.06. The summed E-state index contributed by atoms with van der Waals surface area (Å²) in [7, 11) is 1.26. The summed E-state index contributed by atoms with van der Waals surface area (Å²) in [4.78, 5) is 27.4. The van der Waals surface area contributed by atoms with Gasteiger partial charge in [-0.25, -0.2) is 14.0 Å². The SMILES string of the molecule is COC(=O)NC[C@@H]1OC(=O)N2c3cc(F)c(N4C5CCC4CSC5)cc3OC[C@@H]12. The van der Waals surface area contributed by atoms with E-state index >= 15 is 4.39 Å². The van der Waals surface area contributed by atoms with Crippen LogP contribution in [0, 0.1) is 5.82 Å². The Morgan fingerprint density at radius 2 is 2.07 bits per heavy atom. The Morgan fingerprint density at radius 3 is 2.79 bits per heavy atom. The van der Waals surface area contributed by atoms with E-state index in [0.717, 1.165) is 24.3 Å². The van der Waals surface area contributed by atoms with Gasteiger partial charge in [-0.05, 0) is 12.8 Å². The normalized spacial score (nSPS) is 29.7. The first kappa shape index (κ1) is 18.7. The van der Waals surface area contributed by atoms with E-state index in [1.165, 1.54) is 18.1 Å². The van der Waals surface area contributed by atoms with Gasteiger partial charge in [0, 0.05) is 35.7 Å². The van der Waals surface area contributed by atoms with E-state index in [2.05, 4.69) is 15.0 Å². The lowest BCUT2D eigenvalue weighted by Gasteiger charge is -2.38. The molecule has 5 rings (SSSR count). The van der Waals surface area contributed by atoms with Crippen molar-refractivity contribution in [3.8, 4) is 5.75 Å². The minimum absolute atomic E-state index is 0.0909. The summed E-state index contributed by atoms with van der Waals surface area (Å²) in [5, 5.41) is 2.53. The van der Waals surface area contributed by atoms with Gasteiger partial charge in [-0.15, -0.1) is 0 Å². The van der Waals surface area contributed by atoms with Crippen LogP contribution >= 0.6 is 11.8 Å². The summed E-state index contributed by atoms with van der Waals surface area (Å²) in [5.74, 6) is 2.13. The molecule has 0 spiro atoms. The van der Waals surface area contributed by atoms with E-state index in [4.69, 9.17) is 9.47 Å². The lowest BCUT2D eigenvalue weighted by Crippen LogP contribution is -2.48. The number of amides is 2. The van der Waals surface area contributed by atoms with E-state index in [1.54, 1.807) is 6.07 Å². The van der Waals surface area contributed by atoms with Crippen molar-refractivity contribution < 1.29 is 28.2 Å². The number of hydrogen-bond acceptors (Lipinski definition) is 7. The molecule has 4 atom stereocenters. The summed E-state index contributed by atoms with van der Waals surface area (Å²) >= 11 is 1.92. The van der Waals surface area contributed by atoms with Crippen molar-refractivity contribution in [1.82, 2.24) is 5.32 Å². The standard InChI is InChI=1S/C19H22FN3O5S/c1-26-18(24)21-6-17-15-7-27-16-5-13(22-10-2-3-11(22)9-29-8-10)12(20)4-14(16)23(15)19(25)28-17/h4-5,10-11,15,17H,2-3,6-9H2,1H3,(H,21,24)/t10?,11?,15-,17-/m0/s1. The number of alkyl carbamates (subject to hydrolysis) is 1. The van der Waals surface area contributed by atoms with Crippen LogP contribution in [-0.2, 0) is 9.47 Å². The highest BCUT2D eigenvalue weighted by Crippen LogP contribution is 2.45. The molecule has 29 heavy (non-hydrogen) atoms. The number of rotatable bonds is 3. The summed E-state index contributed by atoms with van der Waals surface area (Å²) in [6.45, 7) is 0.299. The molecule has 156 valence electrons. The van der Waals surface area contributed by atoms with Gasteiger partial charge in [-0.1, -0.05) is 0 Å². The van der Waals surface area contributed by atoms with Gasteiger partial charge in [0.2, 0.25) is 0 Å². The lowest BCUT2D eigenvalue weighted by atomic mass is 10.1. The average Bonchev–Trinajstić information content (AvgIpc) is 3.17. The highest BCUT2D eigenvalue weighted by atomic mass is 32.2. The fraction of sp³-hybridized carbons (Fsp3) is 0.579. The van der Waals surface area contributed by atoms with Crippen molar-refractivity contribution >= 4 is 35.3 Å². The first-order valence-corrected chi connectivity index (χ1v) is 10.9. The van der Waals surface area contributed by atoms with Crippen LogP contribution in [0.3, 0.4) is 0 Å². The van der Waals surface area contributed by atoms with E-state index in [9.17, 15) is 9.59 Å². The molecule has 2 bridgehead atoms. The first-order chi connectivity index (χ1) is 14.1. The molecule has 2 amide bonds. The molecular formula is C19H22FN3O5S. The highest BCUT2D eigenvalue weighted by molar-refractivity contribution is 7.99. The Hall–Kier alpha value is -2.36. The zero-order valence-corrected chi connectivity index (χ0v) is 16.7. The number of cyclic esters (lactones) is 1. The van der Waals surface area contributed by atoms with Crippen molar-refractivity contribution in [2.45, 2.75) is 37.1 Å². The Kier molecular flexibility index (Phi) is 4.60. The molecule has 4 heterocycles. The van der Waals surface area contributed by atoms with Crippen LogP contribution in [0.2, 0.25) is 0 Å². The maximum absolute atomic E-state index is 15.2. The quantitative estimate of drug-likeness (QED) is 0.799. The van der Waals surface area contributed by atoms with Crippen LogP contribution in [-0.4, -0.2) is 68.2 Å². The average molecular weight is 423 g/mol. The summed E-state index contributed by atoms with van der Waals surface area (Å²) in [6.07, 6.45) is 0.362. The fourth-order valence-corrected chi connectivity index (χ4v) is 6.02. The van der Waals surface area contributed by atoms with E-state index in [-0.39, 0.29) is 19.0 Å². The van der Waals surface area contributed by atoms with Gasteiger partial charge in [0.05, 0.1) is 25.0 Å². The number of nitrogens with one attached hydrogen (secondary N) is 1. The Balaban J connectivity index is 1.41. The summed E-state index contributed by atoms with van der Waals surface area (Å²) in [5.41, 5.74) is 0.915. The van der Waals surface area contributed by atoms with Gasteiger partial charge in [-0.2, -0.15) is 11.8 Å². The second-order valence-electron chi connectivity index (χ2n) is 7.64. The topological polar surface area (TPSA) is 80.3 Å². The van der Waals surface area contributed by atoms with E-state index in [0.29, 0.717) is 29.2 Å². The number of thioether (sulfide) groups is 1. The summed E-state index contributed by atoms with van der Waals surface area (Å²) in [6, 6.07) is 3.33. The number of halogens is 1. The second kappa shape index (κ2) is 7.16. The van der Waals surface area contributed by atoms with Crippen molar-refractivity contribution in [2.24, 2.45) is 0 Å². The Bertz CT molecular complexity index is 839. The maximum Gasteiger partial charge on any atom is 0.415 e. The molecule has 3 saturated heterocycles. The number of carbonyl (C=O) groups is 2. The molecule has 1 aromatic rings. The minimum atomic E-state index is -0.610. The van der Waals surface area contributed by atoms with Crippen molar-refractivity contribution in [3.63, 3.8) is 0 Å². The zero-order chi connectivity index (χ0) is 20.1. The van der Waals surface area contributed by atoms with Crippen molar-refractivity contribution in [1.29, 1.82) is 0 Å². The monoisotopic (exact) mass is 423 g/mol. The van der Waals surface area contributed by atoms with Crippen LogP contribution in [0.15, 0.2) is 12.1 Å². The number of carbonyl (C=O) groups excluding carboxylic acids is 2. The molecule has 2 unspecified atom stereocenters. The highest BCUT2D eigenvalue weighted by Gasteiger charge is 2.47. The molecule has 1 N–H and O–H groups in total. The molecule has 8 nitrogen and oxygen atoms in total. The van der Waals surface area contributed by atoms with Crippen molar-refractivity contribution in [3.05, 3.63) is 17.9 Å². The van der Waals surface area contributed by atoms with Gasteiger partial charge in [0.25, 0.3) is 0 Å². The third-order valence-corrected chi connectivity index (χ3v) is 7.30. The van der Waals surface area contributed by atoms with Crippen LogP contribution in [0.4, 0.5) is 25.4 Å². The Labute approximate surface area is 171 Å². The second-order valence-corrected chi connectivity index (χ2v) is 8.72. The minimum Gasteiger partial charge on any atom is -0.489 e. The molecule has 1 aromatic carbocycles. The van der Waals surface area contributed by atoms with Crippen LogP contribution in [0.5, 0.6) is 5.75 Å². The zero-order valence-electron chi connectivity index (χ0n) is 15.9. The molecule has 3 fully saturated rings. The molecule has 0 radical (unpaired) electrons. The first-order valence-electron chi connectivity index (χ1n) is 9.71. The van der Waals surface area contributed by atoms with Gasteiger partial charge in [-0.3, -0.25) is 4.90 Å². The van der Waals surface area contributed by atoms with E-state index in [1.807, 2.05) is 11.8 Å². The molecule has 4 aliphatic rings. The Morgan fingerprint density at radius 1 is 1.31 bits per heavy atom. The van der Waals surface area contributed by atoms with Crippen molar-refractivity contribution in [2.75, 3.05) is 41.6 Å². The molecule has 4 aliphatic heterocycles. The van der Waals surface area contributed by atoms with Crippen LogP contribution in [0.25, 0.3) is 0 Å². The molecular weight excluding hydrogens is 401 g/mol. The lowest BCUT2D eigenvalue weighted by molar-refractivity contribution is 0.115. The summed E-state index contributed by atoms with van der Waals surface area (Å²) < 4.78 is 31.0. The number of benzene rings is 1. The van der Waals surface area contributed by atoms with Gasteiger partial charge in [0.1, 0.15) is 30.3 Å². The van der Waals surface area contributed by atoms with Gasteiger partial charge in [0.15, 0.2) is 0 Å². The third kappa shape index (κ3) is 3.04. The predicted molar refractivity (Wildman–Crippen MR) is 105 cm³/mol. The smallest absolute Gasteiger partial charge is 0.415 e. The fourth-order valence-electron chi connectivity index (χ4n) is 4.69. The number of hydrogen-bond donors (Lipinski definition) is 1. The molecule has 0 aliphatic carbocycles. The molecule has 10 heteroatoms. The number of methoxy groups -OCH3 is 1. The number of nitrogens with zero attached hydrogens (tertiary/aromatic N) is 2. The molecule has 0 saturated carbocycles. The van der Waals surface area contributed by atoms with E-state index < -0.39 is 24.3 Å². The number of anilines is 2. The molecule has 0 aromatic heterocycles. The predicted octanol–water partition coefficient (Wildman–Crippen LogP) is 2.35.